The molecule has 1 aliphatic heterocycles. The van der Waals surface area contributed by atoms with Gasteiger partial charge in [-0.15, -0.1) is 0 Å². The number of carbonyl (C=O) groups is 2. The number of fused-ring (bicyclic) bond motifs is 1. The van der Waals surface area contributed by atoms with Gasteiger partial charge in [0.05, 0.1) is 16.4 Å². The third-order valence-electron chi connectivity index (χ3n) is 4.47. The number of carboxylic acids is 1. The number of non-ortho nitro benzene ring substituents is 1. The number of nitro groups is 1. The van der Waals surface area contributed by atoms with Crippen LogP contribution in [0.2, 0.25) is 0 Å². The monoisotopic (exact) mass is 332 g/mol. The van der Waals surface area contributed by atoms with Crippen molar-refractivity contribution in [1.82, 2.24) is 15.1 Å². The summed E-state index contributed by atoms with van der Waals surface area (Å²) in [6.45, 7) is 2.44. The molecule has 2 unspecified atom stereocenters. The molecule has 2 N–H and O–H groups in total. The minimum atomic E-state index is -0.851. The third kappa shape index (κ3) is 2.68. The largest absolute Gasteiger partial charge is 0.481 e. The van der Waals surface area contributed by atoms with E-state index in [2.05, 4.69) is 10.2 Å². The summed E-state index contributed by atoms with van der Waals surface area (Å²) in [5.41, 5.74) is 0.544. The first kappa shape index (κ1) is 15.9. The van der Waals surface area contributed by atoms with E-state index in [1.807, 2.05) is 0 Å². The average Bonchev–Trinajstić information content (AvgIpc) is 2.96. The van der Waals surface area contributed by atoms with Crippen LogP contribution in [0.25, 0.3) is 10.9 Å². The maximum atomic E-state index is 12.7. The molecule has 1 aromatic heterocycles. The van der Waals surface area contributed by atoms with Crippen molar-refractivity contribution in [2.24, 2.45) is 11.8 Å². The third-order valence-corrected chi connectivity index (χ3v) is 4.47. The topological polar surface area (TPSA) is 129 Å². The zero-order valence-corrected chi connectivity index (χ0v) is 12.9. The van der Waals surface area contributed by atoms with Gasteiger partial charge >= 0.3 is 5.97 Å². The molecule has 3 rings (SSSR count). The zero-order chi connectivity index (χ0) is 17.4. The number of aromatic nitrogens is 2. The lowest BCUT2D eigenvalue weighted by Crippen LogP contribution is -2.45. The van der Waals surface area contributed by atoms with Gasteiger partial charge in [-0.25, -0.2) is 0 Å². The van der Waals surface area contributed by atoms with Crippen LogP contribution >= 0.6 is 0 Å². The molecule has 1 amide bonds. The molecule has 0 saturated carbocycles. The van der Waals surface area contributed by atoms with Gasteiger partial charge in [0, 0.05) is 30.6 Å². The van der Waals surface area contributed by atoms with Crippen LogP contribution in [0, 0.1) is 22.0 Å². The predicted molar refractivity (Wildman–Crippen MR) is 83.6 cm³/mol. The highest BCUT2D eigenvalue weighted by atomic mass is 16.6. The van der Waals surface area contributed by atoms with Crippen molar-refractivity contribution >= 4 is 28.5 Å². The first-order valence-corrected chi connectivity index (χ1v) is 7.53. The number of rotatable bonds is 3. The zero-order valence-electron chi connectivity index (χ0n) is 12.9. The lowest BCUT2D eigenvalue weighted by atomic mass is 9.87. The standard InChI is InChI=1S/C15H16N4O5/c1-8-7-18(5-4-10(8)15(21)22)14(20)13-11-6-9(19(23)24)2-3-12(11)16-17-13/h2-3,6,8,10H,4-5,7H2,1H3,(H,16,17)(H,21,22). The number of benzene rings is 1. The quantitative estimate of drug-likeness (QED) is 0.649. The molecule has 1 saturated heterocycles. The summed E-state index contributed by atoms with van der Waals surface area (Å²) in [4.78, 5) is 35.8. The van der Waals surface area contributed by atoms with Crippen molar-refractivity contribution in [2.45, 2.75) is 13.3 Å². The molecule has 9 heteroatoms. The van der Waals surface area contributed by atoms with Crippen LogP contribution in [0.3, 0.4) is 0 Å². The van der Waals surface area contributed by atoms with Crippen LogP contribution in [0.5, 0.6) is 0 Å². The molecular weight excluding hydrogens is 316 g/mol. The van der Waals surface area contributed by atoms with E-state index in [-0.39, 0.29) is 23.2 Å². The maximum absolute atomic E-state index is 12.7. The lowest BCUT2D eigenvalue weighted by molar-refractivity contribution is -0.384. The fourth-order valence-electron chi connectivity index (χ4n) is 3.13. The van der Waals surface area contributed by atoms with Crippen LogP contribution < -0.4 is 0 Å². The molecule has 9 nitrogen and oxygen atoms in total. The summed E-state index contributed by atoms with van der Waals surface area (Å²) in [7, 11) is 0. The molecule has 1 aliphatic rings. The fraction of sp³-hybridized carbons (Fsp3) is 0.400. The van der Waals surface area contributed by atoms with Crippen LogP contribution in [-0.2, 0) is 4.79 Å². The number of carboxylic acid groups (broad SMARTS) is 1. The van der Waals surface area contributed by atoms with Gasteiger partial charge < -0.3 is 10.0 Å². The predicted octanol–water partition coefficient (Wildman–Crippen LogP) is 1.65. The molecule has 0 aliphatic carbocycles. The number of aromatic amines is 1. The second-order valence-electron chi connectivity index (χ2n) is 6.02. The van der Waals surface area contributed by atoms with Gasteiger partial charge in [0.2, 0.25) is 0 Å². The molecule has 2 aromatic rings. The van der Waals surface area contributed by atoms with Gasteiger partial charge in [0.15, 0.2) is 5.69 Å². The Morgan fingerprint density at radius 3 is 2.83 bits per heavy atom. The van der Waals surface area contributed by atoms with Crippen molar-refractivity contribution in [1.29, 1.82) is 0 Å². The highest BCUT2D eigenvalue weighted by molar-refractivity contribution is 6.05. The van der Waals surface area contributed by atoms with E-state index < -0.39 is 16.8 Å². The van der Waals surface area contributed by atoms with Crippen molar-refractivity contribution in [3.8, 4) is 0 Å². The number of H-pyrrole nitrogens is 1. The molecule has 1 aromatic carbocycles. The van der Waals surface area contributed by atoms with Gasteiger partial charge in [0.25, 0.3) is 11.6 Å². The minimum Gasteiger partial charge on any atom is -0.481 e. The Morgan fingerprint density at radius 1 is 1.46 bits per heavy atom. The first-order valence-electron chi connectivity index (χ1n) is 7.53. The second kappa shape index (κ2) is 5.91. The van der Waals surface area contributed by atoms with Crippen molar-refractivity contribution in [3.05, 3.63) is 34.0 Å². The number of nitrogens with one attached hydrogen (secondary N) is 1. The van der Waals surface area contributed by atoms with E-state index in [1.54, 1.807) is 11.8 Å². The molecule has 0 bridgehead atoms. The first-order chi connectivity index (χ1) is 11.4. The molecule has 2 heterocycles. The van der Waals surface area contributed by atoms with Crippen LogP contribution in [0.1, 0.15) is 23.8 Å². The van der Waals surface area contributed by atoms with E-state index in [1.165, 1.54) is 18.2 Å². The maximum Gasteiger partial charge on any atom is 0.306 e. The molecule has 0 radical (unpaired) electrons. The Balaban J connectivity index is 1.88. The van der Waals surface area contributed by atoms with E-state index in [0.29, 0.717) is 30.4 Å². The summed E-state index contributed by atoms with van der Waals surface area (Å²) in [6, 6.07) is 4.17. The van der Waals surface area contributed by atoms with E-state index in [0.717, 1.165) is 0 Å². The van der Waals surface area contributed by atoms with Crippen molar-refractivity contribution in [2.75, 3.05) is 13.1 Å². The average molecular weight is 332 g/mol. The van der Waals surface area contributed by atoms with Crippen LogP contribution in [-0.4, -0.2) is 50.1 Å². The number of piperidine rings is 1. The Morgan fingerprint density at radius 2 is 2.21 bits per heavy atom. The van der Waals surface area contributed by atoms with Gasteiger partial charge in [-0.1, -0.05) is 6.92 Å². The number of hydrogen-bond acceptors (Lipinski definition) is 5. The fourth-order valence-corrected chi connectivity index (χ4v) is 3.13. The Hall–Kier alpha value is -2.97. The van der Waals surface area contributed by atoms with Crippen molar-refractivity contribution in [3.63, 3.8) is 0 Å². The molecule has 1 fully saturated rings. The number of carbonyl (C=O) groups excluding carboxylic acids is 1. The van der Waals surface area contributed by atoms with Gasteiger partial charge in [-0.3, -0.25) is 24.8 Å². The summed E-state index contributed by atoms with van der Waals surface area (Å²) in [5, 5.41) is 27.2. The number of aliphatic carboxylic acids is 1. The Labute approximate surface area is 136 Å². The molecule has 2 atom stereocenters. The van der Waals surface area contributed by atoms with Crippen LogP contribution in [0.15, 0.2) is 18.2 Å². The number of likely N-dealkylation sites (tertiary alicyclic amines) is 1. The highest BCUT2D eigenvalue weighted by Gasteiger charge is 2.34. The number of nitrogens with zero attached hydrogens (tertiary/aromatic N) is 3. The SMILES string of the molecule is CC1CN(C(=O)c2n[nH]c3ccc([N+](=O)[O-])cc23)CCC1C(=O)O. The van der Waals surface area contributed by atoms with Gasteiger partial charge in [0.1, 0.15) is 0 Å². The summed E-state index contributed by atoms with van der Waals surface area (Å²) < 4.78 is 0. The second-order valence-corrected chi connectivity index (χ2v) is 6.02. The van der Waals surface area contributed by atoms with E-state index in [4.69, 9.17) is 5.11 Å². The Kier molecular flexibility index (Phi) is 3.92. The highest BCUT2D eigenvalue weighted by Crippen LogP contribution is 2.27. The minimum absolute atomic E-state index is 0.115. The number of nitro benzene ring substituents is 1. The smallest absolute Gasteiger partial charge is 0.306 e. The summed E-state index contributed by atoms with van der Waals surface area (Å²) in [5.74, 6) is -1.83. The van der Waals surface area contributed by atoms with Crippen LogP contribution in [0.4, 0.5) is 5.69 Å². The molecule has 24 heavy (non-hydrogen) atoms. The van der Waals surface area contributed by atoms with Gasteiger partial charge in [-0.05, 0) is 18.4 Å². The lowest BCUT2D eigenvalue weighted by Gasteiger charge is -2.34. The molecule has 126 valence electrons. The van der Waals surface area contributed by atoms with Gasteiger partial charge in [-0.2, -0.15) is 5.10 Å². The number of amides is 1. The Bertz CT molecular complexity index is 830. The number of hydrogen-bond donors (Lipinski definition) is 2. The molecule has 0 spiro atoms. The van der Waals surface area contributed by atoms with Crippen molar-refractivity contribution < 1.29 is 19.6 Å². The van der Waals surface area contributed by atoms with E-state index >= 15 is 0 Å². The summed E-state index contributed by atoms with van der Waals surface area (Å²) in [6.07, 6.45) is 0.380. The summed E-state index contributed by atoms with van der Waals surface area (Å²) >= 11 is 0. The molecular formula is C15H16N4O5. The van der Waals surface area contributed by atoms with E-state index in [9.17, 15) is 19.7 Å². The normalized spacial score (nSPS) is 21.0.